The van der Waals surface area contributed by atoms with Crippen LogP contribution in [0.1, 0.15) is 41.5 Å². The van der Waals surface area contributed by atoms with E-state index in [2.05, 4.69) is 0 Å². The van der Waals surface area contributed by atoms with Crippen LogP contribution < -0.4 is 0 Å². The Morgan fingerprint density at radius 3 is 2.05 bits per heavy atom. The van der Waals surface area contributed by atoms with E-state index < -0.39 is 29.3 Å². The molecule has 0 aromatic heterocycles. The fraction of sp³-hybridized carbons (Fsp3) is 0.357. The number of rotatable bonds is 3. The van der Waals surface area contributed by atoms with Crippen molar-refractivity contribution >= 4 is 17.8 Å². The summed E-state index contributed by atoms with van der Waals surface area (Å²) in [4.78, 5) is 40.7. The zero-order valence-electron chi connectivity index (χ0n) is 11.4. The predicted molar refractivity (Wildman–Crippen MR) is 68.5 cm³/mol. The first kappa shape index (κ1) is 14.2. The molecule has 2 rings (SSSR count). The molecule has 1 unspecified atom stereocenters. The van der Waals surface area contributed by atoms with E-state index in [0.717, 1.165) is 0 Å². The number of nitrogens with zero attached hydrogens (tertiary/aromatic N) is 1. The molecule has 0 aliphatic carbocycles. The second kappa shape index (κ2) is 4.72. The van der Waals surface area contributed by atoms with Crippen LogP contribution in [0.15, 0.2) is 24.3 Å². The van der Waals surface area contributed by atoms with Crippen molar-refractivity contribution in [3.8, 4) is 0 Å². The van der Waals surface area contributed by atoms with E-state index in [0.29, 0.717) is 5.06 Å². The van der Waals surface area contributed by atoms with Gasteiger partial charge in [-0.2, -0.15) is 0 Å². The van der Waals surface area contributed by atoms with Crippen molar-refractivity contribution < 1.29 is 24.3 Å². The van der Waals surface area contributed by atoms with Crippen LogP contribution in [-0.2, 0) is 9.63 Å². The highest BCUT2D eigenvalue weighted by molar-refractivity contribution is 6.20. The number of hydrogen-bond donors (Lipinski definition) is 1. The molecule has 2 amide bonds. The Balaban J connectivity index is 2.19. The molecule has 6 nitrogen and oxygen atoms in total. The summed E-state index contributed by atoms with van der Waals surface area (Å²) >= 11 is 0. The van der Waals surface area contributed by atoms with Crippen molar-refractivity contribution in [1.82, 2.24) is 5.06 Å². The number of imide groups is 1. The minimum Gasteiger partial charge on any atom is -0.390 e. The van der Waals surface area contributed by atoms with Crippen LogP contribution in [-0.4, -0.2) is 33.6 Å². The third-order valence-corrected chi connectivity index (χ3v) is 3.35. The van der Waals surface area contributed by atoms with Crippen molar-refractivity contribution in [3.05, 3.63) is 35.4 Å². The highest BCUT2D eigenvalue weighted by Crippen LogP contribution is 2.24. The van der Waals surface area contributed by atoms with E-state index in [1.165, 1.54) is 32.9 Å². The van der Waals surface area contributed by atoms with Gasteiger partial charge in [0.25, 0.3) is 11.8 Å². The topological polar surface area (TPSA) is 83.9 Å². The van der Waals surface area contributed by atoms with E-state index in [-0.39, 0.29) is 11.1 Å². The standard InChI is InChI=1S/C14H15NO5/c1-8(14(2,3)19)13(18)20-15-11(16)9-6-4-5-7-10(9)12(15)17/h4-8,19H,1-3H3. The Morgan fingerprint density at radius 1 is 1.20 bits per heavy atom. The van der Waals surface area contributed by atoms with Crippen molar-refractivity contribution in [1.29, 1.82) is 0 Å². The molecule has 1 atom stereocenters. The first-order valence-electron chi connectivity index (χ1n) is 6.15. The molecule has 0 fully saturated rings. The fourth-order valence-corrected chi connectivity index (χ4v) is 1.71. The average Bonchev–Trinajstić information content (AvgIpc) is 2.62. The van der Waals surface area contributed by atoms with Gasteiger partial charge in [0, 0.05) is 0 Å². The Hall–Kier alpha value is -2.21. The van der Waals surface area contributed by atoms with Crippen molar-refractivity contribution in [2.45, 2.75) is 26.4 Å². The molecule has 1 aromatic carbocycles. The maximum Gasteiger partial charge on any atom is 0.338 e. The van der Waals surface area contributed by atoms with Gasteiger partial charge in [-0.05, 0) is 32.9 Å². The quantitative estimate of drug-likeness (QED) is 0.838. The summed E-state index contributed by atoms with van der Waals surface area (Å²) in [5, 5.41) is 10.2. The number of hydroxylamine groups is 2. The third-order valence-electron chi connectivity index (χ3n) is 3.35. The van der Waals surface area contributed by atoms with Gasteiger partial charge in [0.2, 0.25) is 0 Å². The van der Waals surface area contributed by atoms with Gasteiger partial charge in [0.15, 0.2) is 0 Å². The van der Waals surface area contributed by atoms with Crippen LogP contribution in [0.4, 0.5) is 0 Å². The SMILES string of the molecule is CC(C(=O)ON1C(=O)c2ccccc2C1=O)C(C)(C)O. The summed E-state index contributed by atoms with van der Waals surface area (Å²) < 4.78 is 0. The largest absolute Gasteiger partial charge is 0.390 e. The van der Waals surface area contributed by atoms with E-state index in [1.807, 2.05) is 0 Å². The van der Waals surface area contributed by atoms with Crippen LogP contribution in [0.5, 0.6) is 0 Å². The predicted octanol–water partition coefficient (Wildman–Crippen LogP) is 1.15. The lowest BCUT2D eigenvalue weighted by molar-refractivity contribution is -0.180. The molecule has 1 aliphatic rings. The molecule has 106 valence electrons. The zero-order valence-corrected chi connectivity index (χ0v) is 11.4. The molecule has 0 bridgehead atoms. The number of carbonyl (C=O) groups is 3. The Labute approximate surface area is 115 Å². The van der Waals surface area contributed by atoms with Crippen molar-refractivity contribution in [3.63, 3.8) is 0 Å². The average molecular weight is 277 g/mol. The second-order valence-electron chi connectivity index (χ2n) is 5.24. The molecule has 0 saturated heterocycles. The van der Waals surface area contributed by atoms with Gasteiger partial charge in [-0.3, -0.25) is 9.59 Å². The lowest BCUT2D eigenvalue weighted by Crippen LogP contribution is -2.41. The second-order valence-corrected chi connectivity index (χ2v) is 5.24. The molecular formula is C14H15NO5. The molecular weight excluding hydrogens is 262 g/mol. The van der Waals surface area contributed by atoms with E-state index in [9.17, 15) is 19.5 Å². The smallest absolute Gasteiger partial charge is 0.338 e. The van der Waals surface area contributed by atoms with E-state index in [4.69, 9.17) is 4.84 Å². The Morgan fingerprint density at radius 2 is 1.65 bits per heavy atom. The summed E-state index contributed by atoms with van der Waals surface area (Å²) in [6.45, 7) is 4.35. The number of hydrogen-bond acceptors (Lipinski definition) is 5. The number of carbonyl (C=O) groups excluding carboxylic acids is 3. The first-order valence-corrected chi connectivity index (χ1v) is 6.15. The third kappa shape index (κ3) is 2.30. The summed E-state index contributed by atoms with van der Waals surface area (Å²) in [6.07, 6.45) is 0. The zero-order chi connectivity index (χ0) is 15.1. The minimum atomic E-state index is -1.31. The molecule has 0 spiro atoms. The molecule has 0 saturated carbocycles. The van der Waals surface area contributed by atoms with Gasteiger partial charge in [-0.15, -0.1) is 0 Å². The highest BCUT2D eigenvalue weighted by Gasteiger charge is 2.41. The minimum absolute atomic E-state index is 0.196. The molecule has 6 heteroatoms. The van der Waals surface area contributed by atoms with Crippen LogP contribution in [0.2, 0.25) is 0 Å². The van der Waals surface area contributed by atoms with Crippen LogP contribution in [0.25, 0.3) is 0 Å². The summed E-state index contributed by atoms with van der Waals surface area (Å²) in [7, 11) is 0. The van der Waals surface area contributed by atoms with Gasteiger partial charge >= 0.3 is 5.97 Å². The van der Waals surface area contributed by atoms with Gasteiger partial charge < -0.3 is 9.94 Å². The maximum absolute atomic E-state index is 12.0. The van der Waals surface area contributed by atoms with Gasteiger partial charge in [-0.1, -0.05) is 17.2 Å². The lowest BCUT2D eigenvalue weighted by Gasteiger charge is -2.25. The number of aliphatic hydroxyl groups is 1. The van der Waals surface area contributed by atoms with Crippen molar-refractivity contribution in [2.24, 2.45) is 5.92 Å². The van der Waals surface area contributed by atoms with Crippen LogP contribution in [0, 0.1) is 5.92 Å². The van der Waals surface area contributed by atoms with Gasteiger partial charge in [0.1, 0.15) is 0 Å². The molecule has 0 radical (unpaired) electrons. The highest BCUT2D eigenvalue weighted by atomic mass is 16.7. The van der Waals surface area contributed by atoms with Gasteiger partial charge in [-0.25, -0.2) is 4.79 Å². The summed E-state index contributed by atoms with van der Waals surface area (Å²) in [5.74, 6) is -3.08. The molecule has 1 N–H and O–H groups in total. The summed E-state index contributed by atoms with van der Waals surface area (Å²) in [5.41, 5.74) is -0.919. The summed E-state index contributed by atoms with van der Waals surface area (Å²) in [6, 6.07) is 6.22. The first-order chi connectivity index (χ1) is 9.23. The normalized spacial score (nSPS) is 16.1. The molecule has 1 aliphatic heterocycles. The van der Waals surface area contributed by atoms with Gasteiger partial charge in [0.05, 0.1) is 22.6 Å². The van der Waals surface area contributed by atoms with Crippen molar-refractivity contribution in [2.75, 3.05) is 0 Å². The lowest BCUT2D eigenvalue weighted by atomic mass is 9.93. The van der Waals surface area contributed by atoms with Crippen LogP contribution in [0.3, 0.4) is 0 Å². The Bertz CT molecular complexity index is 552. The molecule has 1 heterocycles. The molecule has 20 heavy (non-hydrogen) atoms. The number of benzene rings is 1. The number of fused-ring (bicyclic) bond motifs is 1. The molecule has 1 aromatic rings. The van der Waals surface area contributed by atoms with Crippen LogP contribution >= 0.6 is 0 Å². The monoisotopic (exact) mass is 277 g/mol. The maximum atomic E-state index is 12.0. The Kier molecular flexibility index (Phi) is 3.35. The number of amides is 2. The fourth-order valence-electron chi connectivity index (χ4n) is 1.71. The van der Waals surface area contributed by atoms with E-state index in [1.54, 1.807) is 12.1 Å². The van der Waals surface area contributed by atoms with E-state index >= 15 is 0 Å².